The standard InChI is InChI=1S/C13H16N6O5/c1-8-10(19(22)23)7-18(15-8)5-4-11(20)14-9-6-17(2)16-12(9)13(21)24-3/h6-7H,4-5H2,1-3H3,(H,14,20). The van der Waals surface area contributed by atoms with Crippen molar-refractivity contribution in [2.45, 2.75) is 19.9 Å². The molecule has 1 N–H and O–H groups in total. The molecule has 0 saturated carbocycles. The topological polar surface area (TPSA) is 134 Å². The van der Waals surface area contributed by atoms with Crippen LogP contribution in [0.1, 0.15) is 22.6 Å². The van der Waals surface area contributed by atoms with E-state index >= 15 is 0 Å². The lowest BCUT2D eigenvalue weighted by Crippen LogP contribution is -2.16. The van der Waals surface area contributed by atoms with Crippen LogP contribution < -0.4 is 5.32 Å². The van der Waals surface area contributed by atoms with Crippen LogP contribution in [0.4, 0.5) is 11.4 Å². The fraction of sp³-hybridized carbons (Fsp3) is 0.385. The number of esters is 1. The number of nitrogens with one attached hydrogen (secondary N) is 1. The number of anilines is 1. The Hall–Kier alpha value is -3.24. The third-order valence-corrected chi connectivity index (χ3v) is 3.17. The molecule has 1 amide bonds. The van der Waals surface area contributed by atoms with Gasteiger partial charge in [0.15, 0.2) is 5.69 Å². The van der Waals surface area contributed by atoms with E-state index in [-0.39, 0.29) is 41.6 Å². The van der Waals surface area contributed by atoms with Gasteiger partial charge in [0.05, 0.1) is 17.7 Å². The summed E-state index contributed by atoms with van der Waals surface area (Å²) in [5, 5.41) is 21.2. The molecule has 0 atom stereocenters. The van der Waals surface area contributed by atoms with Crippen LogP contribution in [0.5, 0.6) is 0 Å². The highest BCUT2D eigenvalue weighted by Gasteiger charge is 2.19. The number of aryl methyl sites for hydroxylation is 3. The Morgan fingerprint density at radius 1 is 1.38 bits per heavy atom. The maximum atomic E-state index is 12.0. The summed E-state index contributed by atoms with van der Waals surface area (Å²) in [6, 6.07) is 0. The number of amides is 1. The van der Waals surface area contributed by atoms with Gasteiger partial charge in [0.2, 0.25) is 5.91 Å². The smallest absolute Gasteiger partial charge is 0.360 e. The Labute approximate surface area is 136 Å². The van der Waals surface area contributed by atoms with Crippen LogP contribution >= 0.6 is 0 Å². The van der Waals surface area contributed by atoms with E-state index in [1.165, 1.54) is 35.8 Å². The van der Waals surface area contributed by atoms with E-state index in [2.05, 4.69) is 20.3 Å². The van der Waals surface area contributed by atoms with E-state index in [0.29, 0.717) is 0 Å². The molecule has 0 bridgehead atoms. The lowest BCUT2D eigenvalue weighted by atomic mass is 10.3. The monoisotopic (exact) mass is 336 g/mol. The summed E-state index contributed by atoms with van der Waals surface area (Å²) in [6.07, 6.45) is 2.77. The second-order valence-electron chi connectivity index (χ2n) is 4.97. The molecule has 2 heterocycles. The van der Waals surface area contributed by atoms with Gasteiger partial charge in [-0.3, -0.25) is 24.3 Å². The third-order valence-electron chi connectivity index (χ3n) is 3.17. The Morgan fingerprint density at radius 3 is 2.67 bits per heavy atom. The zero-order valence-electron chi connectivity index (χ0n) is 13.3. The zero-order chi connectivity index (χ0) is 17.9. The summed E-state index contributed by atoms with van der Waals surface area (Å²) in [5.74, 6) is -1.05. The van der Waals surface area contributed by atoms with Gasteiger partial charge in [-0.1, -0.05) is 0 Å². The highest BCUT2D eigenvalue weighted by molar-refractivity contribution is 5.99. The molecule has 0 aromatic carbocycles. The number of hydrogen-bond acceptors (Lipinski definition) is 7. The van der Waals surface area contributed by atoms with E-state index in [9.17, 15) is 19.7 Å². The molecule has 0 unspecified atom stereocenters. The van der Waals surface area contributed by atoms with Crippen molar-refractivity contribution in [3.63, 3.8) is 0 Å². The third kappa shape index (κ3) is 3.74. The fourth-order valence-electron chi connectivity index (χ4n) is 2.06. The van der Waals surface area contributed by atoms with Crippen molar-refractivity contribution < 1.29 is 19.2 Å². The number of nitro groups is 1. The van der Waals surface area contributed by atoms with Crippen LogP contribution in [-0.2, 0) is 23.1 Å². The number of methoxy groups -OCH3 is 1. The Kier molecular flexibility index (Phi) is 4.92. The van der Waals surface area contributed by atoms with Gasteiger partial charge in [-0.25, -0.2) is 4.79 Å². The first-order valence-corrected chi connectivity index (χ1v) is 6.92. The van der Waals surface area contributed by atoms with Gasteiger partial charge in [0.25, 0.3) is 0 Å². The molecule has 2 aromatic heterocycles. The number of nitrogens with zero attached hydrogens (tertiary/aromatic N) is 5. The van der Waals surface area contributed by atoms with Crippen LogP contribution in [0.15, 0.2) is 12.4 Å². The number of ether oxygens (including phenoxy) is 1. The molecule has 0 aliphatic rings. The van der Waals surface area contributed by atoms with Gasteiger partial charge in [-0.2, -0.15) is 10.2 Å². The van der Waals surface area contributed by atoms with Crippen molar-refractivity contribution in [2.24, 2.45) is 7.05 Å². The predicted molar refractivity (Wildman–Crippen MR) is 81.4 cm³/mol. The minimum absolute atomic E-state index is 0.000999. The SMILES string of the molecule is COC(=O)c1nn(C)cc1NC(=O)CCn1cc([N+](=O)[O-])c(C)n1. The number of rotatable bonds is 6. The largest absolute Gasteiger partial charge is 0.464 e. The molecule has 2 rings (SSSR count). The van der Waals surface area contributed by atoms with E-state index in [0.717, 1.165) is 0 Å². The summed E-state index contributed by atoms with van der Waals surface area (Å²) < 4.78 is 7.30. The first kappa shape index (κ1) is 17.1. The summed E-state index contributed by atoms with van der Waals surface area (Å²) in [7, 11) is 2.82. The first-order valence-electron chi connectivity index (χ1n) is 6.92. The molecule has 0 aliphatic carbocycles. The van der Waals surface area contributed by atoms with Crippen LogP contribution in [0, 0.1) is 17.0 Å². The average molecular weight is 336 g/mol. The van der Waals surface area contributed by atoms with Gasteiger partial charge in [0.1, 0.15) is 11.9 Å². The highest BCUT2D eigenvalue weighted by Crippen LogP contribution is 2.16. The second-order valence-corrected chi connectivity index (χ2v) is 4.97. The molecule has 24 heavy (non-hydrogen) atoms. The van der Waals surface area contributed by atoms with E-state index < -0.39 is 10.9 Å². The van der Waals surface area contributed by atoms with Crippen molar-refractivity contribution in [1.29, 1.82) is 0 Å². The van der Waals surface area contributed by atoms with Gasteiger partial charge >= 0.3 is 11.7 Å². The van der Waals surface area contributed by atoms with Crippen molar-refractivity contribution in [2.75, 3.05) is 12.4 Å². The molecule has 11 heteroatoms. The summed E-state index contributed by atoms with van der Waals surface area (Å²) >= 11 is 0. The highest BCUT2D eigenvalue weighted by atomic mass is 16.6. The molecular weight excluding hydrogens is 320 g/mol. The molecule has 2 aromatic rings. The lowest BCUT2D eigenvalue weighted by Gasteiger charge is -2.04. The maximum absolute atomic E-state index is 12.0. The Balaban J connectivity index is 2.00. The van der Waals surface area contributed by atoms with Gasteiger partial charge in [-0.05, 0) is 6.92 Å². The Bertz CT molecular complexity index is 793. The van der Waals surface area contributed by atoms with Crippen LogP contribution in [0.25, 0.3) is 0 Å². The second kappa shape index (κ2) is 6.89. The van der Waals surface area contributed by atoms with Gasteiger partial charge in [-0.15, -0.1) is 0 Å². The summed E-state index contributed by atoms with van der Waals surface area (Å²) in [4.78, 5) is 33.8. The average Bonchev–Trinajstić information content (AvgIpc) is 3.07. The minimum atomic E-state index is -0.663. The van der Waals surface area contributed by atoms with Gasteiger partial charge in [0, 0.05) is 26.2 Å². The number of hydrogen-bond donors (Lipinski definition) is 1. The normalized spacial score (nSPS) is 10.5. The zero-order valence-corrected chi connectivity index (χ0v) is 13.3. The minimum Gasteiger partial charge on any atom is -0.464 e. The van der Waals surface area contributed by atoms with Crippen molar-refractivity contribution >= 4 is 23.3 Å². The van der Waals surface area contributed by atoms with Crippen molar-refractivity contribution in [1.82, 2.24) is 19.6 Å². The van der Waals surface area contributed by atoms with Gasteiger partial charge < -0.3 is 10.1 Å². The van der Waals surface area contributed by atoms with Crippen LogP contribution in [-0.4, -0.2) is 43.5 Å². The molecule has 11 nitrogen and oxygen atoms in total. The van der Waals surface area contributed by atoms with Crippen molar-refractivity contribution in [3.05, 3.63) is 33.9 Å². The molecule has 0 saturated heterocycles. The summed E-state index contributed by atoms with van der Waals surface area (Å²) in [5.41, 5.74) is 0.409. The predicted octanol–water partition coefficient (Wildman–Crippen LogP) is 0.649. The molecule has 0 spiro atoms. The number of carbonyl (C=O) groups is 2. The van der Waals surface area contributed by atoms with E-state index in [4.69, 9.17) is 0 Å². The van der Waals surface area contributed by atoms with Crippen LogP contribution in [0.3, 0.4) is 0 Å². The van der Waals surface area contributed by atoms with E-state index in [1.807, 2.05) is 0 Å². The maximum Gasteiger partial charge on any atom is 0.360 e. The molecule has 0 fully saturated rings. The molecule has 128 valence electrons. The molecule has 0 aliphatic heterocycles. The first-order chi connectivity index (χ1) is 11.3. The van der Waals surface area contributed by atoms with E-state index in [1.54, 1.807) is 7.05 Å². The molecular formula is C13H16N6O5. The fourth-order valence-corrected chi connectivity index (χ4v) is 2.06. The Morgan fingerprint density at radius 2 is 2.08 bits per heavy atom. The molecule has 0 radical (unpaired) electrons. The van der Waals surface area contributed by atoms with Crippen molar-refractivity contribution in [3.8, 4) is 0 Å². The quantitative estimate of drug-likeness (QED) is 0.465. The summed E-state index contributed by atoms with van der Waals surface area (Å²) in [6.45, 7) is 1.68. The van der Waals surface area contributed by atoms with Crippen LogP contribution in [0.2, 0.25) is 0 Å². The number of aromatic nitrogens is 4. The lowest BCUT2D eigenvalue weighted by molar-refractivity contribution is -0.385. The number of carbonyl (C=O) groups excluding carboxylic acids is 2.